The number of nitrogens with zero attached hydrogens (tertiary/aromatic N) is 3. The van der Waals surface area contributed by atoms with E-state index in [1.165, 1.54) is 4.90 Å². The number of aromatic nitrogens is 1. The summed E-state index contributed by atoms with van der Waals surface area (Å²) >= 11 is 6.19. The number of rotatable bonds is 9. The molecule has 0 bridgehead atoms. The molecule has 226 valence electrons. The van der Waals surface area contributed by atoms with Gasteiger partial charge in [0.15, 0.2) is 0 Å². The molecule has 0 fully saturated rings. The zero-order valence-electron chi connectivity index (χ0n) is 25.5. The summed E-state index contributed by atoms with van der Waals surface area (Å²) in [5, 5.41) is 1.02. The molecule has 0 radical (unpaired) electrons. The van der Waals surface area contributed by atoms with Crippen LogP contribution in [0.3, 0.4) is 0 Å². The fourth-order valence-electron chi connectivity index (χ4n) is 5.39. The van der Waals surface area contributed by atoms with Gasteiger partial charge in [0.05, 0.1) is 41.9 Å². The minimum atomic E-state index is -0.753. The molecule has 4 rings (SSSR count). The summed E-state index contributed by atoms with van der Waals surface area (Å²) in [7, 11) is 3.63. The van der Waals surface area contributed by atoms with Crippen molar-refractivity contribution in [2.24, 2.45) is 0 Å². The SMILES string of the molecule is CN(C)C(=O)[C@H]1Cc2c(n(COCC[S+](C)C)c3ccccc23)[C@H](c2ccc(C(=O)OC(C)(C)C)cc2)N1C(=O)CCl. The van der Waals surface area contributed by atoms with Crippen LogP contribution >= 0.6 is 11.6 Å². The Morgan fingerprint density at radius 1 is 1.05 bits per heavy atom. The van der Waals surface area contributed by atoms with Crippen LogP contribution in [0.25, 0.3) is 10.9 Å². The third kappa shape index (κ3) is 6.79. The second-order valence-electron chi connectivity index (χ2n) is 11.9. The molecule has 1 aliphatic heterocycles. The number of hydrogen-bond donors (Lipinski definition) is 0. The highest BCUT2D eigenvalue weighted by Gasteiger charge is 2.45. The summed E-state index contributed by atoms with van der Waals surface area (Å²) in [4.78, 5) is 43.1. The average molecular weight is 615 g/mol. The number of amides is 2. The summed E-state index contributed by atoms with van der Waals surface area (Å²) in [5.74, 6) is -0.276. The molecule has 2 heterocycles. The van der Waals surface area contributed by atoms with Gasteiger partial charge >= 0.3 is 5.97 Å². The summed E-state index contributed by atoms with van der Waals surface area (Å²) in [6.07, 6.45) is 4.72. The number of para-hydroxylation sites is 1. The predicted molar refractivity (Wildman–Crippen MR) is 169 cm³/mol. The van der Waals surface area contributed by atoms with Gasteiger partial charge in [-0.15, -0.1) is 11.6 Å². The molecule has 42 heavy (non-hydrogen) atoms. The number of esters is 1. The molecule has 1 aliphatic rings. The molecular formula is C32H41ClN3O5S+. The maximum atomic E-state index is 13.6. The minimum absolute atomic E-state index is 0.180. The maximum Gasteiger partial charge on any atom is 0.338 e. The van der Waals surface area contributed by atoms with Gasteiger partial charge in [-0.05, 0) is 61.0 Å². The lowest BCUT2D eigenvalue weighted by molar-refractivity contribution is -0.145. The molecule has 10 heteroatoms. The van der Waals surface area contributed by atoms with Gasteiger partial charge in [0.1, 0.15) is 30.0 Å². The Bertz CT molecular complexity index is 1440. The molecule has 0 spiro atoms. The molecule has 0 saturated carbocycles. The van der Waals surface area contributed by atoms with Crippen molar-refractivity contribution in [3.8, 4) is 0 Å². The number of likely N-dealkylation sites (N-methyl/N-ethyl adjacent to an activating group) is 1. The molecule has 8 nitrogen and oxygen atoms in total. The lowest BCUT2D eigenvalue weighted by Gasteiger charge is -2.43. The number of carbonyl (C=O) groups excluding carboxylic acids is 3. The van der Waals surface area contributed by atoms with Crippen molar-refractivity contribution < 1.29 is 23.9 Å². The van der Waals surface area contributed by atoms with Crippen molar-refractivity contribution in [1.29, 1.82) is 0 Å². The van der Waals surface area contributed by atoms with Crippen molar-refractivity contribution in [2.45, 2.75) is 51.6 Å². The predicted octanol–water partition coefficient (Wildman–Crippen LogP) is 4.62. The zero-order valence-corrected chi connectivity index (χ0v) is 27.1. The summed E-state index contributed by atoms with van der Waals surface area (Å²) in [5.41, 5.74) is 3.38. The number of alkyl halides is 1. The monoisotopic (exact) mass is 614 g/mol. The van der Waals surface area contributed by atoms with Gasteiger partial charge in [-0.2, -0.15) is 0 Å². The molecule has 2 amide bonds. The highest BCUT2D eigenvalue weighted by Crippen LogP contribution is 2.43. The third-order valence-corrected chi connectivity index (χ3v) is 8.45. The Labute approximate surface area is 256 Å². The van der Waals surface area contributed by atoms with E-state index in [-0.39, 0.29) is 28.6 Å². The van der Waals surface area contributed by atoms with E-state index in [0.717, 1.165) is 33.5 Å². The number of fused-ring (bicyclic) bond motifs is 3. The summed E-state index contributed by atoms with van der Waals surface area (Å²) in [6.45, 7) is 6.38. The van der Waals surface area contributed by atoms with E-state index in [4.69, 9.17) is 21.1 Å². The fraction of sp³-hybridized carbons (Fsp3) is 0.469. The van der Waals surface area contributed by atoms with Crippen molar-refractivity contribution in [3.63, 3.8) is 0 Å². The lowest BCUT2D eigenvalue weighted by Crippen LogP contribution is -2.55. The zero-order chi connectivity index (χ0) is 30.8. The number of hydrogen-bond acceptors (Lipinski definition) is 5. The quantitative estimate of drug-likeness (QED) is 0.152. The maximum absolute atomic E-state index is 13.6. The number of halogens is 1. The Balaban J connectivity index is 1.91. The second-order valence-corrected chi connectivity index (χ2v) is 14.6. The van der Waals surface area contributed by atoms with E-state index >= 15 is 0 Å². The molecule has 2 atom stereocenters. The average Bonchev–Trinajstić information content (AvgIpc) is 3.25. The lowest BCUT2D eigenvalue weighted by atomic mass is 9.87. The first-order valence-corrected chi connectivity index (χ1v) is 16.7. The normalized spacial score (nSPS) is 16.9. The van der Waals surface area contributed by atoms with Crippen molar-refractivity contribution >= 4 is 51.2 Å². The van der Waals surface area contributed by atoms with Crippen LogP contribution in [0.2, 0.25) is 0 Å². The van der Waals surface area contributed by atoms with Crippen LogP contribution in [0, 0.1) is 0 Å². The van der Waals surface area contributed by atoms with E-state index in [1.807, 2.05) is 51.1 Å². The van der Waals surface area contributed by atoms with Crippen molar-refractivity contribution in [1.82, 2.24) is 14.4 Å². The van der Waals surface area contributed by atoms with Crippen molar-refractivity contribution in [2.75, 3.05) is 44.8 Å². The Morgan fingerprint density at radius 2 is 1.71 bits per heavy atom. The number of ether oxygens (including phenoxy) is 2. The van der Waals surface area contributed by atoms with Crippen LogP contribution in [-0.2, 0) is 43.1 Å². The first kappa shape index (κ1) is 31.9. The molecule has 1 aromatic heterocycles. The molecule has 3 aromatic rings. The summed E-state index contributed by atoms with van der Waals surface area (Å²) in [6, 6.07) is 13.7. The third-order valence-electron chi connectivity index (χ3n) is 7.24. The fourth-order valence-corrected chi connectivity index (χ4v) is 5.98. The molecule has 2 aromatic carbocycles. The van der Waals surface area contributed by atoms with Crippen LogP contribution in [0.15, 0.2) is 48.5 Å². The van der Waals surface area contributed by atoms with Gasteiger partial charge in [0.25, 0.3) is 0 Å². The second kappa shape index (κ2) is 13.1. The van der Waals surface area contributed by atoms with E-state index in [1.54, 1.807) is 31.1 Å². The smallest absolute Gasteiger partial charge is 0.338 e. The molecule has 0 unspecified atom stereocenters. The van der Waals surface area contributed by atoms with Crippen LogP contribution < -0.4 is 0 Å². The Kier molecular flexibility index (Phi) is 9.96. The molecule has 0 N–H and O–H groups in total. The highest BCUT2D eigenvalue weighted by atomic mass is 35.5. The first-order valence-electron chi connectivity index (χ1n) is 14.0. The molecular weight excluding hydrogens is 574 g/mol. The van der Waals surface area contributed by atoms with Gasteiger partial charge in [0, 0.05) is 25.9 Å². The topological polar surface area (TPSA) is 81.1 Å². The van der Waals surface area contributed by atoms with Gasteiger partial charge in [0.2, 0.25) is 11.8 Å². The number of carbonyl (C=O) groups is 3. The van der Waals surface area contributed by atoms with Gasteiger partial charge in [-0.25, -0.2) is 4.79 Å². The minimum Gasteiger partial charge on any atom is -0.456 e. The summed E-state index contributed by atoms with van der Waals surface area (Å²) < 4.78 is 13.9. The Morgan fingerprint density at radius 3 is 2.31 bits per heavy atom. The van der Waals surface area contributed by atoms with E-state index in [0.29, 0.717) is 25.3 Å². The molecule has 0 aliphatic carbocycles. The van der Waals surface area contributed by atoms with Gasteiger partial charge < -0.3 is 23.8 Å². The largest absolute Gasteiger partial charge is 0.456 e. The van der Waals surface area contributed by atoms with E-state index in [2.05, 4.69) is 23.1 Å². The van der Waals surface area contributed by atoms with Gasteiger partial charge in [-0.1, -0.05) is 30.3 Å². The van der Waals surface area contributed by atoms with Crippen LogP contribution in [0.5, 0.6) is 0 Å². The Hall–Kier alpha value is -3.01. The van der Waals surface area contributed by atoms with Crippen molar-refractivity contribution in [3.05, 3.63) is 70.9 Å². The van der Waals surface area contributed by atoms with Gasteiger partial charge in [-0.3, -0.25) is 9.59 Å². The van der Waals surface area contributed by atoms with E-state index in [9.17, 15) is 14.4 Å². The van der Waals surface area contributed by atoms with Crippen LogP contribution in [0.4, 0.5) is 0 Å². The molecule has 0 saturated heterocycles. The standard InChI is InChI=1S/C32H41ClN3O5S/c1-32(2,3)41-31(39)22-14-12-21(13-15-22)28-29-24(18-26(30(38)34(4)5)36(28)27(37)19-33)23-10-8-9-11-25(23)35(29)20-40-16-17-42(6)7/h8-15,26,28H,16-20H2,1-7H3/q+1/t26-,28+/m1/s1. The van der Waals surface area contributed by atoms with Crippen LogP contribution in [-0.4, -0.2) is 88.6 Å². The van der Waals surface area contributed by atoms with E-state index < -0.39 is 23.7 Å². The van der Waals surface area contributed by atoms with Crippen LogP contribution in [0.1, 0.15) is 54.0 Å². The number of benzene rings is 2. The first-order chi connectivity index (χ1) is 19.8. The highest BCUT2D eigenvalue weighted by molar-refractivity contribution is 7.95.